The summed E-state index contributed by atoms with van der Waals surface area (Å²) < 4.78 is 5.03. The number of hydrogen-bond acceptors (Lipinski definition) is 11. The van der Waals surface area contributed by atoms with Gasteiger partial charge in [0.1, 0.15) is 22.7 Å². The first kappa shape index (κ1) is 23.3. The van der Waals surface area contributed by atoms with Gasteiger partial charge in [-0.1, -0.05) is 18.2 Å². The third kappa shape index (κ3) is 3.94. The van der Waals surface area contributed by atoms with Gasteiger partial charge in [-0.05, 0) is 12.1 Å². The Bertz CT molecular complexity index is 569. The fourth-order valence-corrected chi connectivity index (χ4v) is 1.75. The zero-order valence-electron chi connectivity index (χ0n) is 14.6. The second kappa shape index (κ2) is 7.70. The molecule has 0 bridgehead atoms. The molecular weight excluding hydrogens is 325 g/mol. The van der Waals surface area contributed by atoms with Crippen LogP contribution in [0.15, 0.2) is 30.3 Å². The summed E-state index contributed by atoms with van der Waals surface area (Å²) in [6, 6.07) is 7.97. The average Bonchev–Trinajstić information content (AvgIpc) is 2.47. The smallest absolute Gasteiger partial charge is 1.00 e. The molecule has 18 N–H and O–H groups in total. The van der Waals surface area contributed by atoms with Crippen molar-refractivity contribution in [3.8, 4) is 5.75 Å². The van der Waals surface area contributed by atoms with E-state index in [1.807, 2.05) is 0 Å². The second-order valence-electron chi connectivity index (χ2n) is 5.55. The fraction of sp³-hybridized carbons (Fsp3) is 0.417. The number of benzene rings is 1. The van der Waals surface area contributed by atoms with Gasteiger partial charge in [-0.3, -0.25) is 0 Å². The van der Waals surface area contributed by atoms with Gasteiger partial charge < -0.3 is 57.8 Å². The molecule has 0 spiro atoms. The maximum Gasteiger partial charge on any atom is 1.00 e. The van der Waals surface area contributed by atoms with Crippen molar-refractivity contribution in [2.45, 2.75) is 22.7 Å². The Morgan fingerprint density at radius 3 is 1.79 bits per heavy atom. The number of rotatable bonds is 6. The summed E-state index contributed by atoms with van der Waals surface area (Å²) in [6.45, 7) is -0.403. The fourth-order valence-electron chi connectivity index (χ4n) is 1.75. The molecule has 0 aliphatic carbocycles. The molecule has 12 heteroatoms. The minimum atomic E-state index is -2.52. The standard InChI is InChI=1S/C12H25N9O2.Na.H/c13-6-9(14,15)11(18,19)12(20,21)10(16,17)8(22)23-7-4-2-1-3-5-7;;/h1-5H,6,13-21H2;;/q;+1;-1. The van der Waals surface area contributed by atoms with Crippen LogP contribution in [0.3, 0.4) is 0 Å². The van der Waals surface area contributed by atoms with E-state index in [4.69, 9.17) is 56.3 Å². The van der Waals surface area contributed by atoms with E-state index >= 15 is 0 Å². The number of ether oxygens (including phenoxy) is 1. The summed E-state index contributed by atoms with van der Waals surface area (Å²) >= 11 is 0. The van der Waals surface area contributed by atoms with Crippen molar-refractivity contribution >= 4 is 5.97 Å². The van der Waals surface area contributed by atoms with Crippen LogP contribution in [0.5, 0.6) is 5.75 Å². The van der Waals surface area contributed by atoms with Gasteiger partial charge in [-0.15, -0.1) is 0 Å². The van der Waals surface area contributed by atoms with Crippen molar-refractivity contribution < 1.29 is 40.5 Å². The SMILES string of the molecule is NCC(N)(N)C(N)(N)C(N)(N)C(N)(N)C(=O)Oc1ccccc1.[H-].[Na+]. The van der Waals surface area contributed by atoms with Crippen molar-refractivity contribution in [1.29, 1.82) is 0 Å². The Labute approximate surface area is 163 Å². The molecule has 1 rings (SSSR count). The third-order valence-corrected chi connectivity index (χ3v) is 3.77. The Balaban J connectivity index is 0. The zero-order valence-corrected chi connectivity index (χ0v) is 15.6. The van der Waals surface area contributed by atoms with Crippen LogP contribution in [0.2, 0.25) is 0 Å². The maximum atomic E-state index is 12.3. The van der Waals surface area contributed by atoms with Crippen LogP contribution in [0, 0.1) is 0 Å². The number of carbonyl (C=O) groups is 1. The second-order valence-corrected chi connectivity index (χ2v) is 5.55. The van der Waals surface area contributed by atoms with Crippen molar-refractivity contribution in [2.75, 3.05) is 6.54 Å². The molecule has 0 fully saturated rings. The van der Waals surface area contributed by atoms with E-state index in [2.05, 4.69) is 0 Å². The predicted molar refractivity (Wildman–Crippen MR) is 86.7 cm³/mol. The normalized spacial score (nSPS) is 13.2. The molecule has 0 amide bonds. The number of esters is 1. The summed E-state index contributed by atoms with van der Waals surface area (Å²) in [7, 11) is 0. The molecule has 0 unspecified atom stereocenters. The molecule has 0 radical (unpaired) electrons. The molecule has 11 nitrogen and oxygen atoms in total. The predicted octanol–water partition coefficient (Wildman–Crippen LogP) is -7.88. The number of hydrogen-bond donors (Lipinski definition) is 9. The molecule has 0 aromatic heterocycles. The van der Waals surface area contributed by atoms with Crippen molar-refractivity contribution in [1.82, 2.24) is 0 Å². The molecular formula is C12H26N9NaO2. The van der Waals surface area contributed by atoms with E-state index in [9.17, 15) is 4.79 Å². The minimum Gasteiger partial charge on any atom is -1.00 e. The molecule has 0 atom stereocenters. The molecule has 0 aliphatic rings. The largest absolute Gasteiger partial charge is 1.00 e. The number of para-hydroxylation sites is 1. The molecule has 132 valence electrons. The van der Waals surface area contributed by atoms with Crippen LogP contribution in [-0.2, 0) is 4.79 Å². The average molecular weight is 351 g/mol. The van der Waals surface area contributed by atoms with Gasteiger partial charge in [0.25, 0.3) is 0 Å². The van der Waals surface area contributed by atoms with Crippen molar-refractivity contribution in [2.24, 2.45) is 51.6 Å². The Morgan fingerprint density at radius 2 is 1.38 bits per heavy atom. The summed E-state index contributed by atoms with van der Waals surface area (Å²) in [5.41, 5.74) is 42.5. The Kier molecular flexibility index (Phi) is 7.48. The third-order valence-electron chi connectivity index (χ3n) is 3.77. The van der Waals surface area contributed by atoms with Crippen LogP contribution in [0.1, 0.15) is 1.43 Å². The van der Waals surface area contributed by atoms with Gasteiger partial charge in [0.05, 0.1) is 0 Å². The number of nitrogens with two attached hydrogens (primary N) is 9. The van der Waals surface area contributed by atoms with E-state index in [-0.39, 0.29) is 36.7 Å². The van der Waals surface area contributed by atoms with E-state index in [0.29, 0.717) is 0 Å². The van der Waals surface area contributed by atoms with Gasteiger partial charge in [-0.2, -0.15) is 0 Å². The van der Waals surface area contributed by atoms with Gasteiger partial charge in [-0.25, -0.2) is 4.79 Å². The first-order valence-electron chi connectivity index (χ1n) is 6.59. The monoisotopic (exact) mass is 351 g/mol. The van der Waals surface area contributed by atoms with E-state index in [1.54, 1.807) is 18.2 Å². The topological polar surface area (TPSA) is 260 Å². The quantitative estimate of drug-likeness (QED) is 0.100. The van der Waals surface area contributed by atoms with Gasteiger partial charge >= 0.3 is 35.5 Å². The molecule has 1 aromatic rings. The van der Waals surface area contributed by atoms with Crippen LogP contribution in [-0.4, -0.2) is 35.2 Å². The molecule has 0 saturated carbocycles. The van der Waals surface area contributed by atoms with Crippen molar-refractivity contribution in [3.05, 3.63) is 30.3 Å². The summed E-state index contributed by atoms with van der Waals surface area (Å²) in [5, 5.41) is 0. The maximum absolute atomic E-state index is 12.3. The molecule has 0 heterocycles. The minimum absolute atomic E-state index is 0. The van der Waals surface area contributed by atoms with Gasteiger partial charge in [0.2, 0.25) is 0 Å². The van der Waals surface area contributed by atoms with Crippen molar-refractivity contribution in [3.63, 3.8) is 0 Å². The molecule has 24 heavy (non-hydrogen) atoms. The van der Waals surface area contributed by atoms with Crippen LogP contribution in [0.4, 0.5) is 0 Å². The van der Waals surface area contributed by atoms with Crippen LogP contribution < -0.4 is 85.9 Å². The molecule has 0 aliphatic heterocycles. The van der Waals surface area contributed by atoms with Gasteiger partial charge in [0, 0.05) is 6.54 Å². The van der Waals surface area contributed by atoms with E-state index in [1.165, 1.54) is 12.1 Å². The van der Waals surface area contributed by atoms with Crippen LogP contribution >= 0.6 is 0 Å². The Hall–Kier alpha value is -0.670. The van der Waals surface area contributed by atoms with E-state index in [0.717, 1.165) is 0 Å². The summed E-state index contributed by atoms with van der Waals surface area (Å²) in [5.74, 6) is -1.01. The molecule has 0 saturated heterocycles. The van der Waals surface area contributed by atoms with Gasteiger partial charge in [0.15, 0.2) is 5.66 Å². The Morgan fingerprint density at radius 1 is 0.917 bits per heavy atom. The molecule has 1 aromatic carbocycles. The zero-order chi connectivity index (χ0) is 18.1. The summed E-state index contributed by atoms with van der Waals surface area (Å²) in [4.78, 5) is 12.3. The first-order chi connectivity index (χ1) is 10.3. The number of carbonyl (C=O) groups excluding carboxylic acids is 1. The van der Waals surface area contributed by atoms with E-state index < -0.39 is 35.2 Å². The summed E-state index contributed by atoms with van der Waals surface area (Å²) in [6.07, 6.45) is 0. The van der Waals surface area contributed by atoms with Crippen LogP contribution in [0.25, 0.3) is 0 Å². The first-order valence-corrected chi connectivity index (χ1v) is 6.59.